The summed E-state index contributed by atoms with van der Waals surface area (Å²) in [4.78, 5) is 17.1. The summed E-state index contributed by atoms with van der Waals surface area (Å²) in [5.41, 5.74) is 2.59. The van der Waals surface area contributed by atoms with Crippen molar-refractivity contribution in [1.29, 1.82) is 0 Å². The molecule has 20 heavy (non-hydrogen) atoms. The minimum absolute atomic E-state index is 0.0336. The molecule has 0 amide bonds. The van der Waals surface area contributed by atoms with E-state index < -0.39 is 0 Å². The van der Waals surface area contributed by atoms with Crippen LogP contribution in [0.4, 0.5) is 0 Å². The van der Waals surface area contributed by atoms with Crippen LogP contribution in [0.25, 0.3) is 0 Å². The van der Waals surface area contributed by atoms with Crippen molar-refractivity contribution in [2.45, 2.75) is 25.2 Å². The fraction of sp³-hybridized carbons (Fsp3) is 0.250. The Kier molecular flexibility index (Phi) is 3.77. The zero-order valence-electron chi connectivity index (χ0n) is 10.8. The number of hydrogen-bond donors (Lipinski definition) is 0. The third-order valence-electron chi connectivity index (χ3n) is 3.71. The van der Waals surface area contributed by atoms with Crippen LogP contribution < -0.4 is 0 Å². The maximum Gasteiger partial charge on any atom is 0.173 e. The molecule has 2 nitrogen and oxygen atoms in total. The number of carbonyl (C=O) groups excluding carboxylic acids is 1. The van der Waals surface area contributed by atoms with Crippen LogP contribution in [0.15, 0.2) is 36.5 Å². The van der Waals surface area contributed by atoms with Crippen LogP contribution >= 0.6 is 23.2 Å². The smallest absolute Gasteiger partial charge is 0.173 e. The van der Waals surface area contributed by atoms with Crippen LogP contribution in [0.3, 0.4) is 0 Å². The van der Waals surface area contributed by atoms with Crippen molar-refractivity contribution < 1.29 is 4.79 Å². The zero-order chi connectivity index (χ0) is 14.1. The molecule has 0 spiro atoms. The fourth-order valence-corrected chi connectivity index (χ4v) is 3.24. The first-order chi connectivity index (χ1) is 9.66. The summed E-state index contributed by atoms with van der Waals surface area (Å²) in [5, 5.41) is 0.944. The molecule has 0 saturated heterocycles. The number of aryl methyl sites for hydroxylation is 1. The zero-order valence-corrected chi connectivity index (χ0v) is 12.3. The first kappa shape index (κ1) is 13.6. The number of hydrogen-bond acceptors (Lipinski definition) is 2. The van der Waals surface area contributed by atoms with Crippen molar-refractivity contribution in [1.82, 2.24) is 4.98 Å². The van der Waals surface area contributed by atoms with Gasteiger partial charge in [-0.25, -0.2) is 0 Å². The molecule has 0 saturated carbocycles. The van der Waals surface area contributed by atoms with Crippen LogP contribution in [0.2, 0.25) is 10.0 Å². The molecule has 0 radical (unpaired) electrons. The lowest BCUT2D eigenvalue weighted by molar-refractivity contribution is 0.0949. The van der Waals surface area contributed by atoms with Crippen molar-refractivity contribution in [3.8, 4) is 0 Å². The Morgan fingerprint density at radius 2 is 2.10 bits per heavy atom. The largest absolute Gasteiger partial charge is 0.293 e. The van der Waals surface area contributed by atoms with E-state index in [1.54, 1.807) is 24.4 Å². The third-order valence-corrected chi connectivity index (χ3v) is 4.26. The highest BCUT2D eigenvalue weighted by atomic mass is 35.5. The van der Waals surface area contributed by atoms with Crippen molar-refractivity contribution >= 4 is 29.0 Å². The van der Waals surface area contributed by atoms with E-state index in [2.05, 4.69) is 4.98 Å². The first-order valence-electron chi connectivity index (χ1n) is 6.60. The van der Waals surface area contributed by atoms with E-state index in [0.717, 1.165) is 25.0 Å². The number of nitrogens with zero attached hydrogens (tertiary/aromatic N) is 1. The van der Waals surface area contributed by atoms with Crippen LogP contribution in [0, 0.1) is 0 Å². The van der Waals surface area contributed by atoms with Gasteiger partial charge in [0.05, 0.1) is 16.6 Å². The molecule has 3 rings (SSSR count). The van der Waals surface area contributed by atoms with Gasteiger partial charge in [-0.05, 0) is 49.1 Å². The molecule has 1 aliphatic rings. The number of Topliss-reactive ketones (excluding diaryl/α,β-unsaturated/α-hetero) is 1. The molecular formula is C16H13Cl2NO. The molecule has 1 aromatic carbocycles. The lowest BCUT2D eigenvalue weighted by Gasteiger charge is -2.23. The summed E-state index contributed by atoms with van der Waals surface area (Å²) in [5.74, 6) is -0.162. The van der Waals surface area contributed by atoms with Crippen LogP contribution in [0.5, 0.6) is 0 Å². The molecule has 1 heterocycles. The molecule has 0 bridgehead atoms. The molecule has 0 aliphatic heterocycles. The second-order valence-corrected chi connectivity index (χ2v) is 5.82. The van der Waals surface area contributed by atoms with E-state index in [4.69, 9.17) is 23.2 Å². The first-order valence-corrected chi connectivity index (χ1v) is 7.35. The predicted molar refractivity (Wildman–Crippen MR) is 80.7 cm³/mol. The van der Waals surface area contributed by atoms with E-state index in [1.165, 1.54) is 5.56 Å². The van der Waals surface area contributed by atoms with Crippen LogP contribution in [0.1, 0.15) is 40.4 Å². The van der Waals surface area contributed by atoms with Gasteiger partial charge in [0.25, 0.3) is 0 Å². The van der Waals surface area contributed by atoms with Gasteiger partial charge in [-0.3, -0.25) is 9.78 Å². The lowest BCUT2D eigenvalue weighted by atomic mass is 9.82. The molecule has 0 N–H and O–H groups in total. The standard InChI is InChI=1S/C16H13Cl2NO/c17-11-6-7-12(14(18)9-11)16(20)13-5-1-3-10-4-2-8-19-15(10)13/h2,4,6-9,13H,1,3,5H2. The average molecular weight is 306 g/mol. The fourth-order valence-electron chi connectivity index (χ4n) is 2.74. The van der Waals surface area contributed by atoms with Crippen LogP contribution in [-0.2, 0) is 6.42 Å². The molecule has 1 aromatic heterocycles. The Hall–Kier alpha value is -1.38. The summed E-state index contributed by atoms with van der Waals surface area (Å²) in [6.07, 6.45) is 4.55. The van der Waals surface area contributed by atoms with E-state index >= 15 is 0 Å². The molecule has 1 unspecified atom stereocenters. The maximum atomic E-state index is 12.7. The average Bonchev–Trinajstić information content (AvgIpc) is 2.46. The lowest BCUT2D eigenvalue weighted by Crippen LogP contribution is -2.20. The number of fused-ring (bicyclic) bond motifs is 1. The Morgan fingerprint density at radius 1 is 1.25 bits per heavy atom. The van der Waals surface area contributed by atoms with Gasteiger partial charge in [0.1, 0.15) is 0 Å². The Morgan fingerprint density at radius 3 is 2.90 bits per heavy atom. The van der Waals surface area contributed by atoms with Gasteiger partial charge in [0.15, 0.2) is 5.78 Å². The highest BCUT2D eigenvalue weighted by Crippen LogP contribution is 2.34. The number of pyridine rings is 1. The van der Waals surface area contributed by atoms with Crippen molar-refractivity contribution in [3.63, 3.8) is 0 Å². The number of halogens is 2. The number of carbonyl (C=O) groups is 1. The topological polar surface area (TPSA) is 30.0 Å². The quantitative estimate of drug-likeness (QED) is 0.753. The highest BCUT2D eigenvalue weighted by Gasteiger charge is 2.29. The van der Waals surface area contributed by atoms with Gasteiger partial charge >= 0.3 is 0 Å². The molecule has 102 valence electrons. The van der Waals surface area contributed by atoms with Crippen molar-refractivity contribution in [2.24, 2.45) is 0 Å². The number of ketones is 1. The minimum Gasteiger partial charge on any atom is -0.293 e. The van der Waals surface area contributed by atoms with E-state index in [9.17, 15) is 4.79 Å². The molecule has 4 heteroatoms. The minimum atomic E-state index is -0.196. The monoisotopic (exact) mass is 305 g/mol. The summed E-state index contributed by atoms with van der Waals surface area (Å²) < 4.78 is 0. The normalized spacial score (nSPS) is 17.6. The van der Waals surface area contributed by atoms with Gasteiger partial charge in [-0.15, -0.1) is 0 Å². The van der Waals surface area contributed by atoms with Gasteiger partial charge in [0, 0.05) is 16.8 Å². The number of aromatic nitrogens is 1. The highest BCUT2D eigenvalue weighted by molar-refractivity contribution is 6.37. The molecule has 1 aliphatic carbocycles. The van der Waals surface area contributed by atoms with E-state index in [1.807, 2.05) is 12.1 Å². The third kappa shape index (κ3) is 2.46. The summed E-state index contributed by atoms with van der Waals surface area (Å²) >= 11 is 12.0. The van der Waals surface area contributed by atoms with Gasteiger partial charge < -0.3 is 0 Å². The molecule has 1 atom stereocenters. The second-order valence-electron chi connectivity index (χ2n) is 4.98. The second kappa shape index (κ2) is 5.55. The van der Waals surface area contributed by atoms with E-state index in [-0.39, 0.29) is 11.7 Å². The Bertz CT molecular complexity index is 669. The van der Waals surface area contributed by atoms with Crippen LogP contribution in [-0.4, -0.2) is 10.8 Å². The SMILES string of the molecule is O=C(c1ccc(Cl)cc1Cl)C1CCCc2cccnc21. The Balaban J connectivity index is 2.00. The predicted octanol–water partition coefficient (Wildman–Crippen LogP) is 4.69. The molecule has 2 aromatic rings. The van der Waals surface area contributed by atoms with Gasteiger partial charge in [-0.1, -0.05) is 29.3 Å². The van der Waals surface area contributed by atoms with Gasteiger partial charge in [0.2, 0.25) is 0 Å². The summed E-state index contributed by atoms with van der Waals surface area (Å²) in [6.45, 7) is 0. The maximum absolute atomic E-state index is 12.7. The summed E-state index contributed by atoms with van der Waals surface area (Å²) in [6, 6.07) is 8.97. The van der Waals surface area contributed by atoms with Crippen molar-refractivity contribution in [2.75, 3.05) is 0 Å². The van der Waals surface area contributed by atoms with E-state index in [0.29, 0.717) is 15.6 Å². The molecular weight excluding hydrogens is 293 g/mol. The molecule has 0 fully saturated rings. The summed E-state index contributed by atoms with van der Waals surface area (Å²) in [7, 11) is 0. The van der Waals surface area contributed by atoms with Gasteiger partial charge in [-0.2, -0.15) is 0 Å². The van der Waals surface area contributed by atoms with Crippen molar-refractivity contribution in [3.05, 3.63) is 63.4 Å². The number of benzene rings is 1. The number of rotatable bonds is 2. The Labute approximate surface area is 127 Å².